The molecule has 8 heteroatoms. The van der Waals surface area contributed by atoms with Crippen molar-refractivity contribution in [3.8, 4) is 23.5 Å². The summed E-state index contributed by atoms with van der Waals surface area (Å²) in [5, 5.41) is 3.90. The summed E-state index contributed by atoms with van der Waals surface area (Å²) in [7, 11) is 3.02. The Morgan fingerprint density at radius 3 is 2.30 bits per heavy atom. The van der Waals surface area contributed by atoms with E-state index in [9.17, 15) is 0 Å². The first-order valence-electron chi connectivity index (χ1n) is 8.01. The van der Waals surface area contributed by atoms with Crippen LogP contribution in [0, 0.1) is 0 Å². The SMILES string of the molecule is COc1cc(OC)nc(Oc2cccc(Cl)c2CNc2ccc(Br)cc2)n1. The second-order valence-electron chi connectivity index (χ2n) is 5.41. The van der Waals surface area contributed by atoms with Crippen LogP contribution in [-0.4, -0.2) is 24.2 Å². The molecule has 0 aliphatic rings. The van der Waals surface area contributed by atoms with Gasteiger partial charge in [-0.15, -0.1) is 0 Å². The van der Waals surface area contributed by atoms with E-state index in [1.807, 2.05) is 24.3 Å². The Labute approximate surface area is 170 Å². The van der Waals surface area contributed by atoms with E-state index in [4.69, 9.17) is 25.8 Å². The molecule has 1 heterocycles. The Kier molecular flexibility index (Phi) is 6.36. The number of rotatable bonds is 7. The van der Waals surface area contributed by atoms with Gasteiger partial charge in [0.2, 0.25) is 11.8 Å². The second kappa shape index (κ2) is 8.92. The van der Waals surface area contributed by atoms with Crippen molar-refractivity contribution in [3.63, 3.8) is 0 Å². The highest BCUT2D eigenvalue weighted by molar-refractivity contribution is 9.10. The summed E-state index contributed by atoms with van der Waals surface area (Å²) in [5.74, 6) is 1.23. The predicted molar refractivity (Wildman–Crippen MR) is 108 cm³/mol. The lowest BCUT2D eigenvalue weighted by Gasteiger charge is -2.14. The number of nitrogens with zero attached hydrogens (tertiary/aromatic N) is 2. The molecule has 0 aliphatic heterocycles. The zero-order valence-electron chi connectivity index (χ0n) is 14.7. The Morgan fingerprint density at radius 1 is 1.00 bits per heavy atom. The molecule has 6 nitrogen and oxygen atoms in total. The fourth-order valence-corrected chi connectivity index (χ4v) is 2.80. The second-order valence-corrected chi connectivity index (χ2v) is 6.74. The summed E-state index contributed by atoms with van der Waals surface area (Å²) in [6, 6.07) is 15.0. The van der Waals surface area contributed by atoms with Gasteiger partial charge in [-0.2, -0.15) is 9.97 Å². The number of ether oxygens (including phenoxy) is 3. The largest absolute Gasteiger partial charge is 0.481 e. The minimum atomic E-state index is 0.110. The van der Waals surface area contributed by atoms with E-state index in [1.165, 1.54) is 14.2 Å². The van der Waals surface area contributed by atoms with Gasteiger partial charge in [-0.05, 0) is 36.4 Å². The van der Waals surface area contributed by atoms with Gasteiger partial charge in [-0.1, -0.05) is 33.6 Å². The minimum absolute atomic E-state index is 0.110. The normalized spacial score (nSPS) is 10.4. The molecule has 0 aliphatic carbocycles. The molecule has 140 valence electrons. The van der Waals surface area contributed by atoms with Crippen LogP contribution in [0.1, 0.15) is 5.56 Å². The molecule has 0 saturated carbocycles. The monoisotopic (exact) mass is 449 g/mol. The van der Waals surface area contributed by atoms with Gasteiger partial charge in [-0.25, -0.2) is 0 Å². The zero-order chi connectivity index (χ0) is 19.2. The first kappa shape index (κ1) is 19.3. The molecule has 27 heavy (non-hydrogen) atoms. The molecule has 0 bridgehead atoms. The van der Waals surface area contributed by atoms with Crippen LogP contribution >= 0.6 is 27.5 Å². The quantitative estimate of drug-likeness (QED) is 0.526. The third-order valence-corrected chi connectivity index (χ3v) is 4.55. The van der Waals surface area contributed by atoms with Crippen LogP contribution in [0.25, 0.3) is 0 Å². The maximum absolute atomic E-state index is 6.39. The van der Waals surface area contributed by atoms with Crippen molar-refractivity contribution in [1.29, 1.82) is 0 Å². The molecular weight excluding hydrogens is 434 g/mol. The van der Waals surface area contributed by atoms with Gasteiger partial charge >= 0.3 is 6.01 Å². The van der Waals surface area contributed by atoms with Crippen LogP contribution in [0.5, 0.6) is 23.5 Å². The van der Waals surface area contributed by atoms with Crippen LogP contribution in [0.2, 0.25) is 5.02 Å². The molecule has 3 rings (SSSR count). The van der Waals surface area contributed by atoms with E-state index < -0.39 is 0 Å². The van der Waals surface area contributed by atoms with Crippen LogP contribution in [0.3, 0.4) is 0 Å². The number of methoxy groups -OCH3 is 2. The predicted octanol–water partition coefficient (Wildman–Crippen LogP) is 5.31. The van der Waals surface area contributed by atoms with Crippen molar-refractivity contribution in [2.24, 2.45) is 0 Å². The summed E-state index contributed by atoms with van der Waals surface area (Å²) in [4.78, 5) is 8.38. The van der Waals surface area contributed by atoms with Crippen LogP contribution < -0.4 is 19.5 Å². The van der Waals surface area contributed by atoms with Gasteiger partial charge in [-0.3, -0.25) is 0 Å². The Bertz CT molecular complexity index is 900. The summed E-state index contributed by atoms with van der Waals surface area (Å²) >= 11 is 9.81. The van der Waals surface area contributed by atoms with E-state index >= 15 is 0 Å². The lowest BCUT2D eigenvalue weighted by molar-refractivity contribution is 0.347. The average molecular weight is 451 g/mol. The van der Waals surface area contributed by atoms with Crippen LogP contribution in [0.4, 0.5) is 5.69 Å². The molecule has 0 spiro atoms. The first-order valence-corrected chi connectivity index (χ1v) is 9.18. The third kappa shape index (κ3) is 5.02. The Balaban J connectivity index is 1.84. The highest BCUT2D eigenvalue weighted by Crippen LogP contribution is 2.31. The van der Waals surface area contributed by atoms with Crippen molar-refractivity contribution < 1.29 is 14.2 Å². The van der Waals surface area contributed by atoms with Crippen molar-refractivity contribution in [2.45, 2.75) is 6.54 Å². The number of anilines is 1. The molecule has 0 fully saturated rings. The highest BCUT2D eigenvalue weighted by Gasteiger charge is 2.13. The number of nitrogens with one attached hydrogen (secondary N) is 1. The van der Waals surface area contributed by atoms with Crippen molar-refractivity contribution in [2.75, 3.05) is 19.5 Å². The molecule has 2 aromatic carbocycles. The zero-order valence-corrected chi connectivity index (χ0v) is 17.0. The smallest absolute Gasteiger partial charge is 0.328 e. The van der Waals surface area contributed by atoms with E-state index in [0.717, 1.165) is 15.7 Å². The van der Waals surface area contributed by atoms with Gasteiger partial charge < -0.3 is 19.5 Å². The molecular formula is C19H17BrClN3O3. The molecule has 0 saturated heterocycles. The average Bonchev–Trinajstić information content (AvgIpc) is 2.68. The fraction of sp³-hybridized carbons (Fsp3) is 0.158. The maximum atomic E-state index is 6.39. The van der Waals surface area contributed by atoms with Gasteiger partial charge in [0.1, 0.15) is 5.75 Å². The molecule has 3 aromatic rings. The standard InChI is InChI=1S/C19H17BrClN3O3/c1-25-17-10-18(26-2)24-19(23-17)27-16-5-3-4-15(21)14(16)11-22-13-8-6-12(20)7-9-13/h3-10,22H,11H2,1-2H3. The maximum Gasteiger partial charge on any atom is 0.328 e. The lowest BCUT2D eigenvalue weighted by atomic mass is 10.2. The highest BCUT2D eigenvalue weighted by atomic mass is 79.9. The van der Waals surface area contributed by atoms with Gasteiger partial charge in [0, 0.05) is 27.3 Å². The van der Waals surface area contributed by atoms with Gasteiger partial charge in [0.15, 0.2) is 0 Å². The van der Waals surface area contributed by atoms with Gasteiger partial charge in [0.05, 0.1) is 20.3 Å². The number of hydrogen-bond acceptors (Lipinski definition) is 6. The van der Waals surface area contributed by atoms with E-state index in [0.29, 0.717) is 29.1 Å². The van der Waals surface area contributed by atoms with Crippen LogP contribution in [-0.2, 0) is 6.54 Å². The summed E-state index contributed by atoms with van der Waals surface area (Å²) in [6.07, 6.45) is 0. The topological polar surface area (TPSA) is 65.5 Å². The van der Waals surface area contributed by atoms with E-state index in [-0.39, 0.29) is 6.01 Å². The number of aromatic nitrogens is 2. The molecule has 0 atom stereocenters. The Hall–Kier alpha value is -2.51. The number of halogens is 2. The van der Waals surface area contributed by atoms with Crippen molar-refractivity contribution in [3.05, 3.63) is 63.6 Å². The molecule has 0 unspecified atom stereocenters. The summed E-state index contributed by atoms with van der Waals surface area (Å²) in [6.45, 7) is 0.470. The molecule has 1 N–H and O–H groups in total. The fourth-order valence-electron chi connectivity index (χ4n) is 2.30. The molecule has 0 amide bonds. The number of benzene rings is 2. The molecule has 0 radical (unpaired) electrons. The number of hydrogen-bond donors (Lipinski definition) is 1. The summed E-state index contributed by atoms with van der Waals surface area (Å²) < 4.78 is 17.2. The lowest BCUT2D eigenvalue weighted by Crippen LogP contribution is -2.04. The third-order valence-electron chi connectivity index (χ3n) is 3.67. The van der Waals surface area contributed by atoms with E-state index in [2.05, 4.69) is 31.2 Å². The first-order chi connectivity index (χ1) is 13.1. The minimum Gasteiger partial charge on any atom is -0.481 e. The van der Waals surface area contributed by atoms with Gasteiger partial charge in [0.25, 0.3) is 0 Å². The van der Waals surface area contributed by atoms with Crippen molar-refractivity contribution >= 4 is 33.2 Å². The van der Waals surface area contributed by atoms with Crippen LogP contribution in [0.15, 0.2) is 53.0 Å². The van der Waals surface area contributed by atoms with Crippen molar-refractivity contribution in [1.82, 2.24) is 9.97 Å². The Morgan fingerprint density at radius 2 is 1.67 bits per heavy atom. The summed E-state index contributed by atoms with van der Waals surface area (Å²) in [5.41, 5.74) is 1.75. The molecule has 1 aromatic heterocycles. The van der Waals surface area contributed by atoms with E-state index in [1.54, 1.807) is 24.3 Å².